The van der Waals surface area contributed by atoms with Crippen LogP contribution in [0.15, 0.2) is 59.5 Å². The first-order valence-corrected chi connectivity index (χ1v) is 12.1. The van der Waals surface area contributed by atoms with Gasteiger partial charge in [-0.25, -0.2) is 13.6 Å². The van der Waals surface area contributed by atoms with Crippen molar-refractivity contribution in [2.24, 2.45) is 5.14 Å². The number of halogens is 3. The number of sulfonamides is 1. The Bertz CT molecular complexity index is 1320. The lowest BCUT2D eigenvalue weighted by molar-refractivity contribution is -0.118. The van der Waals surface area contributed by atoms with Gasteiger partial charge in [-0.05, 0) is 61.0 Å². The fraction of sp³-hybridized carbons (Fsp3) is 0.136. The molecule has 0 saturated carbocycles. The van der Waals surface area contributed by atoms with Crippen molar-refractivity contribution in [3.63, 3.8) is 0 Å². The monoisotopic (exact) mass is 528 g/mol. The van der Waals surface area contributed by atoms with Crippen molar-refractivity contribution < 1.29 is 23.1 Å². The number of hydrogen-bond donors (Lipinski definition) is 3. The number of primary sulfonamides is 1. The summed E-state index contributed by atoms with van der Waals surface area (Å²) in [5.41, 5.74) is 1.62. The highest BCUT2D eigenvalue weighted by Gasteiger charge is 2.20. The van der Waals surface area contributed by atoms with Crippen molar-refractivity contribution in [2.75, 3.05) is 11.9 Å². The fourth-order valence-corrected chi connectivity index (χ4v) is 4.33. The van der Waals surface area contributed by atoms with Crippen molar-refractivity contribution in [1.82, 2.24) is 0 Å². The van der Waals surface area contributed by atoms with Crippen LogP contribution in [0.1, 0.15) is 22.8 Å². The number of amides is 1. The van der Waals surface area contributed by atoms with E-state index in [1.54, 1.807) is 25.1 Å². The number of aliphatic hydroxyl groups is 1. The second-order valence-corrected chi connectivity index (χ2v) is 9.95. The van der Waals surface area contributed by atoms with E-state index in [1.807, 2.05) is 0 Å². The molecule has 4 N–H and O–H groups in total. The number of anilines is 1. The Morgan fingerprint density at radius 3 is 2.33 bits per heavy atom. The van der Waals surface area contributed by atoms with Gasteiger partial charge in [0.25, 0.3) is 5.91 Å². The number of nitrogens with two attached hydrogens (primary N) is 1. The number of aryl methyl sites for hydroxylation is 1. The van der Waals surface area contributed by atoms with Gasteiger partial charge in [0.05, 0.1) is 4.90 Å². The Morgan fingerprint density at radius 1 is 1.03 bits per heavy atom. The summed E-state index contributed by atoms with van der Waals surface area (Å²) in [5.74, 6) is -0.268. The number of aliphatic hydroxyl groups excluding tert-OH is 1. The molecule has 33 heavy (non-hydrogen) atoms. The quantitative estimate of drug-likeness (QED) is 0.410. The highest BCUT2D eigenvalue weighted by Crippen LogP contribution is 2.36. The summed E-state index contributed by atoms with van der Waals surface area (Å²) in [6.07, 6.45) is -1.18. The van der Waals surface area contributed by atoms with Gasteiger partial charge in [-0.3, -0.25) is 4.79 Å². The van der Waals surface area contributed by atoms with Gasteiger partial charge in [0.2, 0.25) is 10.0 Å². The van der Waals surface area contributed by atoms with Gasteiger partial charge in [-0.2, -0.15) is 0 Å². The van der Waals surface area contributed by atoms with Crippen molar-refractivity contribution in [1.29, 1.82) is 0 Å². The second kappa shape index (κ2) is 10.3. The van der Waals surface area contributed by atoms with Crippen molar-refractivity contribution in [3.05, 3.63) is 86.4 Å². The zero-order valence-corrected chi connectivity index (χ0v) is 20.3. The number of carbonyl (C=O) groups excluding carboxylic acids is 1. The molecule has 7 nitrogen and oxygen atoms in total. The molecule has 0 saturated heterocycles. The third kappa shape index (κ3) is 6.38. The molecule has 1 amide bonds. The predicted molar refractivity (Wildman–Crippen MR) is 129 cm³/mol. The van der Waals surface area contributed by atoms with Crippen LogP contribution in [0.4, 0.5) is 5.69 Å². The smallest absolute Gasteiger partial charge is 0.262 e. The van der Waals surface area contributed by atoms with Gasteiger partial charge in [-0.1, -0.05) is 40.9 Å². The molecular weight excluding hydrogens is 511 g/mol. The Kier molecular flexibility index (Phi) is 7.89. The normalized spacial score (nSPS) is 12.3. The van der Waals surface area contributed by atoms with E-state index >= 15 is 0 Å². The van der Waals surface area contributed by atoms with Crippen molar-refractivity contribution >= 4 is 56.4 Å². The van der Waals surface area contributed by atoms with Crippen LogP contribution in [0.2, 0.25) is 15.1 Å². The minimum absolute atomic E-state index is 0.0603. The molecule has 0 bridgehead atoms. The van der Waals surface area contributed by atoms with Crippen LogP contribution in [-0.4, -0.2) is 26.0 Å². The van der Waals surface area contributed by atoms with Gasteiger partial charge in [0.15, 0.2) is 6.61 Å². The summed E-state index contributed by atoms with van der Waals surface area (Å²) in [7, 11) is -3.85. The van der Waals surface area contributed by atoms with Gasteiger partial charge in [-0.15, -0.1) is 0 Å². The first kappa shape index (κ1) is 25.3. The first-order chi connectivity index (χ1) is 15.5. The van der Waals surface area contributed by atoms with Crippen molar-refractivity contribution in [3.8, 4) is 5.75 Å². The highest BCUT2D eigenvalue weighted by molar-refractivity contribution is 7.89. The van der Waals surface area contributed by atoms with Crippen LogP contribution in [0.25, 0.3) is 0 Å². The topological polar surface area (TPSA) is 119 Å². The molecule has 3 aromatic carbocycles. The lowest BCUT2D eigenvalue weighted by atomic mass is 10.0. The minimum Gasteiger partial charge on any atom is -0.483 e. The molecule has 0 radical (unpaired) electrons. The number of ether oxygens (including phenoxy) is 1. The zero-order valence-electron chi connectivity index (χ0n) is 17.2. The van der Waals surface area contributed by atoms with Crippen LogP contribution in [0.3, 0.4) is 0 Å². The standard InChI is InChI=1S/C22H19Cl3N2O5S/c1-12-8-15(33(26,30)31)4-6-19(12)27-21(28)11-32-20-7-3-13(23)9-17(20)22(29)16-5-2-14(24)10-18(16)25/h2-10,22,29H,11H2,1H3,(H,27,28)(H2,26,30,31). The number of hydrogen-bond acceptors (Lipinski definition) is 5. The van der Waals surface area contributed by atoms with E-state index in [9.17, 15) is 18.3 Å². The Morgan fingerprint density at radius 2 is 1.70 bits per heavy atom. The molecule has 0 heterocycles. The summed E-state index contributed by atoms with van der Waals surface area (Å²) in [4.78, 5) is 12.4. The SMILES string of the molecule is Cc1cc(S(N)(=O)=O)ccc1NC(=O)COc1ccc(Cl)cc1C(O)c1ccc(Cl)cc1Cl. The average Bonchev–Trinajstić information content (AvgIpc) is 2.73. The number of carbonyl (C=O) groups is 1. The minimum atomic E-state index is -3.85. The molecule has 3 rings (SSSR count). The number of benzene rings is 3. The largest absolute Gasteiger partial charge is 0.483 e. The van der Waals surface area contributed by atoms with Crippen LogP contribution >= 0.6 is 34.8 Å². The molecule has 0 aliphatic heterocycles. The second-order valence-electron chi connectivity index (χ2n) is 7.11. The highest BCUT2D eigenvalue weighted by atomic mass is 35.5. The Hall–Kier alpha value is -2.33. The van der Waals surface area contributed by atoms with E-state index in [0.29, 0.717) is 32.4 Å². The van der Waals surface area contributed by atoms with Crippen LogP contribution in [0, 0.1) is 6.92 Å². The molecule has 1 unspecified atom stereocenters. The van der Waals surface area contributed by atoms with Crippen molar-refractivity contribution in [2.45, 2.75) is 17.9 Å². The van der Waals surface area contributed by atoms with Gasteiger partial charge < -0.3 is 15.2 Å². The Balaban J connectivity index is 1.76. The molecule has 3 aromatic rings. The van der Waals surface area contributed by atoms with Gasteiger partial charge in [0.1, 0.15) is 11.9 Å². The molecule has 1 atom stereocenters. The average molecular weight is 530 g/mol. The van der Waals surface area contributed by atoms with E-state index in [1.165, 1.54) is 36.4 Å². The maximum atomic E-state index is 12.4. The molecule has 174 valence electrons. The maximum absolute atomic E-state index is 12.4. The van der Waals surface area contributed by atoms with E-state index < -0.39 is 22.0 Å². The number of rotatable bonds is 7. The van der Waals surface area contributed by atoms with Crippen LogP contribution < -0.4 is 15.2 Å². The number of nitrogens with one attached hydrogen (secondary N) is 1. The molecular formula is C22H19Cl3N2O5S. The van der Waals surface area contributed by atoms with E-state index in [-0.39, 0.29) is 22.3 Å². The summed E-state index contributed by atoms with van der Waals surface area (Å²) in [5, 5.41) is 19.7. The third-order valence-corrected chi connectivity index (χ3v) is 6.39. The Labute approximate surface area is 206 Å². The molecule has 11 heteroatoms. The lowest BCUT2D eigenvalue weighted by Gasteiger charge is -2.18. The summed E-state index contributed by atoms with van der Waals surface area (Å²) >= 11 is 18.2. The predicted octanol–water partition coefficient (Wildman–Crippen LogP) is 4.70. The van der Waals surface area contributed by atoms with E-state index in [2.05, 4.69) is 5.32 Å². The van der Waals surface area contributed by atoms with Gasteiger partial charge >= 0.3 is 0 Å². The lowest BCUT2D eigenvalue weighted by Crippen LogP contribution is -2.21. The summed E-state index contributed by atoms with van der Waals surface area (Å²) in [6, 6.07) is 13.4. The molecule has 0 aliphatic carbocycles. The van der Waals surface area contributed by atoms with Crippen LogP contribution in [0.5, 0.6) is 5.75 Å². The van der Waals surface area contributed by atoms with Gasteiger partial charge in [0, 0.05) is 31.9 Å². The molecule has 0 aromatic heterocycles. The summed E-state index contributed by atoms with van der Waals surface area (Å²) in [6.45, 7) is 1.25. The first-order valence-electron chi connectivity index (χ1n) is 9.44. The zero-order chi connectivity index (χ0) is 24.3. The third-order valence-electron chi connectivity index (χ3n) is 4.68. The molecule has 0 spiro atoms. The van der Waals surface area contributed by atoms with E-state index in [0.717, 1.165) is 0 Å². The van der Waals surface area contributed by atoms with E-state index in [4.69, 9.17) is 44.7 Å². The fourth-order valence-electron chi connectivity index (χ4n) is 3.04. The maximum Gasteiger partial charge on any atom is 0.262 e. The van der Waals surface area contributed by atoms with Crippen LogP contribution in [-0.2, 0) is 14.8 Å². The summed E-state index contributed by atoms with van der Waals surface area (Å²) < 4.78 is 28.5. The molecule has 0 aliphatic rings. The molecule has 0 fully saturated rings.